The predicted octanol–water partition coefficient (Wildman–Crippen LogP) is 2.57. The molecule has 0 aromatic carbocycles. The molecule has 0 saturated heterocycles. The molecule has 2 aliphatic rings. The van der Waals surface area contributed by atoms with Gasteiger partial charge in [0, 0.05) is 5.57 Å². The van der Waals surface area contributed by atoms with Gasteiger partial charge in [0.25, 0.3) is 0 Å². The fraction of sp³-hybridized carbons (Fsp3) is 0.571. The zero-order valence-corrected chi connectivity index (χ0v) is 10.4. The van der Waals surface area contributed by atoms with Gasteiger partial charge in [-0.1, -0.05) is 18.1 Å². The van der Waals surface area contributed by atoms with Crippen molar-refractivity contribution in [2.75, 3.05) is 7.11 Å². The topological polar surface area (TPSA) is 43.4 Å². The van der Waals surface area contributed by atoms with Gasteiger partial charge >= 0.3 is 5.97 Å². The Morgan fingerprint density at radius 1 is 1.41 bits per heavy atom. The van der Waals surface area contributed by atoms with E-state index in [2.05, 4.69) is 0 Å². The SMILES string of the molecule is COC(=O)C12CCCCC=C1C(=O)C=C(C)C2. The number of carbonyl (C=O) groups is 2. The molecule has 0 N–H and O–H groups in total. The first-order chi connectivity index (χ1) is 8.10. The molecule has 0 amide bonds. The van der Waals surface area contributed by atoms with Gasteiger partial charge in [0.1, 0.15) is 0 Å². The molecule has 3 nitrogen and oxygen atoms in total. The minimum absolute atomic E-state index is 0.0129. The summed E-state index contributed by atoms with van der Waals surface area (Å²) >= 11 is 0. The standard InChI is InChI=1S/C14H18O3/c1-10-8-12(15)11-6-4-3-5-7-14(11,9-10)13(16)17-2/h6,8H,3-5,7,9H2,1-2H3. The number of esters is 1. The molecule has 1 unspecified atom stereocenters. The number of allylic oxidation sites excluding steroid dienone is 3. The van der Waals surface area contributed by atoms with Crippen LogP contribution < -0.4 is 0 Å². The third kappa shape index (κ3) is 1.94. The molecule has 0 saturated carbocycles. The van der Waals surface area contributed by atoms with Crippen molar-refractivity contribution in [3.05, 3.63) is 23.3 Å². The monoisotopic (exact) mass is 234 g/mol. The molecule has 0 aromatic rings. The molecule has 17 heavy (non-hydrogen) atoms. The molecule has 0 fully saturated rings. The number of fused-ring (bicyclic) bond motifs is 1. The van der Waals surface area contributed by atoms with Crippen molar-refractivity contribution in [3.63, 3.8) is 0 Å². The van der Waals surface area contributed by atoms with Crippen molar-refractivity contribution < 1.29 is 14.3 Å². The van der Waals surface area contributed by atoms with Crippen LogP contribution in [0.2, 0.25) is 0 Å². The van der Waals surface area contributed by atoms with Gasteiger partial charge in [0.15, 0.2) is 5.78 Å². The maximum absolute atomic E-state index is 12.1. The smallest absolute Gasteiger partial charge is 0.316 e. The van der Waals surface area contributed by atoms with Crippen molar-refractivity contribution in [2.24, 2.45) is 5.41 Å². The number of ether oxygens (including phenoxy) is 1. The van der Waals surface area contributed by atoms with Crippen molar-refractivity contribution in [3.8, 4) is 0 Å². The Bertz CT molecular complexity index is 417. The second-order valence-electron chi connectivity index (χ2n) is 4.97. The molecule has 0 aromatic heterocycles. The van der Waals surface area contributed by atoms with Gasteiger partial charge in [-0.25, -0.2) is 0 Å². The molecule has 0 aliphatic heterocycles. The van der Waals surface area contributed by atoms with Crippen molar-refractivity contribution >= 4 is 11.8 Å². The first kappa shape index (κ1) is 12.1. The Kier molecular flexibility index (Phi) is 3.18. The highest BCUT2D eigenvalue weighted by molar-refractivity contribution is 6.10. The molecule has 0 heterocycles. The number of methoxy groups -OCH3 is 1. The van der Waals surface area contributed by atoms with Gasteiger partial charge < -0.3 is 4.74 Å². The number of hydrogen-bond acceptors (Lipinski definition) is 3. The minimum Gasteiger partial charge on any atom is -0.468 e. The average Bonchev–Trinajstić information content (AvgIpc) is 2.51. The summed E-state index contributed by atoms with van der Waals surface area (Å²) in [5, 5.41) is 0. The van der Waals surface area contributed by atoms with Crippen LogP contribution in [0, 0.1) is 5.41 Å². The molecule has 2 aliphatic carbocycles. The van der Waals surface area contributed by atoms with Crippen LogP contribution in [0.3, 0.4) is 0 Å². The molecule has 1 atom stereocenters. The second-order valence-corrected chi connectivity index (χ2v) is 4.97. The van der Waals surface area contributed by atoms with E-state index in [-0.39, 0.29) is 11.8 Å². The third-order valence-corrected chi connectivity index (χ3v) is 3.72. The van der Waals surface area contributed by atoms with E-state index in [1.165, 1.54) is 7.11 Å². The lowest BCUT2D eigenvalue weighted by Crippen LogP contribution is -2.39. The van der Waals surface area contributed by atoms with Crippen LogP contribution in [0.1, 0.15) is 39.0 Å². The van der Waals surface area contributed by atoms with Gasteiger partial charge in [-0.2, -0.15) is 0 Å². The van der Waals surface area contributed by atoms with Crippen LogP contribution in [0.5, 0.6) is 0 Å². The van der Waals surface area contributed by atoms with Gasteiger partial charge in [-0.3, -0.25) is 9.59 Å². The average molecular weight is 234 g/mol. The Balaban J connectivity index is 2.52. The highest BCUT2D eigenvalue weighted by Crippen LogP contribution is 2.46. The lowest BCUT2D eigenvalue weighted by molar-refractivity contribution is -0.152. The lowest BCUT2D eigenvalue weighted by atomic mass is 9.68. The highest BCUT2D eigenvalue weighted by Gasteiger charge is 2.47. The zero-order chi connectivity index (χ0) is 12.5. The van der Waals surface area contributed by atoms with Crippen LogP contribution in [0.4, 0.5) is 0 Å². The molecular weight excluding hydrogens is 216 g/mol. The summed E-state index contributed by atoms with van der Waals surface area (Å²) in [6.45, 7) is 1.91. The quantitative estimate of drug-likeness (QED) is 0.655. The van der Waals surface area contributed by atoms with Crippen LogP contribution >= 0.6 is 0 Å². The van der Waals surface area contributed by atoms with E-state index in [9.17, 15) is 9.59 Å². The summed E-state index contributed by atoms with van der Waals surface area (Å²) in [6.07, 6.45) is 7.82. The summed E-state index contributed by atoms with van der Waals surface area (Å²) in [4.78, 5) is 24.2. The zero-order valence-electron chi connectivity index (χ0n) is 10.4. The Morgan fingerprint density at radius 3 is 2.88 bits per heavy atom. The normalized spacial score (nSPS) is 28.7. The minimum atomic E-state index is -0.707. The summed E-state index contributed by atoms with van der Waals surface area (Å²) in [7, 11) is 1.40. The summed E-state index contributed by atoms with van der Waals surface area (Å²) < 4.78 is 4.94. The van der Waals surface area contributed by atoms with Crippen LogP contribution in [-0.2, 0) is 14.3 Å². The first-order valence-corrected chi connectivity index (χ1v) is 6.11. The van der Waals surface area contributed by atoms with Crippen LogP contribution in [0.25, 0.3) is 0 Å². The van der Waals surface area contributed by atoms with E-state index in [4.69, 9.17) is 4.74 Å². The largest absolute Gasteiger partial charge is 0.468 e. The van der Waals surface area contributed by atoms with Gasteiger partial charge in [-0.15, -0.1) is 0 Å². The van der Waals surface area contributed by atoms with E-state index >= 15 is 0 Å². The summed E-state index contributed by atoms with van der Waals surface area (Å²) in [5.41, 5.74) is 0.924. The summed E-state index contributed by atoms with van der Waals surface area (Å²) in [5.74, 6) is -0.271. The first-order valence-electron chi connectivity index (χ1n) is 6.11. The summed E-state index contributed by atoms with van der Waals surface area (Å²) in [6, 6.07) is 0. The molecule has 92 valence electrons. The van der Waals surface area contributed by atoms with Crippen molar-refractivity contribution in [1.29, 1.82) is 0 Å². The van der Waals surface area contributed by atoms with Gasteiger partial charge in [-0.05, 0) is 38.7 Å². The molecule has 0 spiro atoms. The maximum atomic E-state index is 12.1. The third-order valence-electron chi connectivity index (χ3n) is 3.72. The van der Waals surface area contributed by atoms with E-state index in [1.807, 2.05) is 13.0 Å². The van der Waals surface area contributed by atoms with Gasteiger partial charge in [0.2, 0.25) is 0 Å². The fourth-order valence-electron chi connectivity index (χ4n) is 2.98. The van der Waals surface area contributed by atoms with Crippen molar-refractivity contribution in [1.82, 2.24) is 0 Å². The molecule has 0 radical (unpaired) electrons. The predicted molar refractivity (Wildman–Crippen MR) is 64.4 cm³/mol. The van der Waals surface area contributed by atoms with Crippen LogP contribution in [0.15, 0.2) is 23.3 Å². The van der Waals surface area contributed by atoms with E-state index in [0.29, 0.717) is 12.0 Å². The maximum Gasteiger partial charge on any atom is 0.316 e. The molecule has 0 bridgehead atoms. The lowest BCUT2D eigenvalue weighted by Gasteiger charge is -2.34. The Morgan fingerprint density at radius 2 is 2.18 bits per heavy atom. The molecule has 2 rings (SSSR count). The number of hydrogen-bond donors (Lipinski definition) is 0. The van der Waals surface area contributed by atoms with Gasteiger partial charge in [0.05, 0.1) is 12.5 Å². The second kappa shape index (κ2) is 4.47. The fourth-order valence-corrected chi connectivity index (χ4v) is 2.98. The molecule has 3 heteroatoms. The van der Waals surface area contributed by atoms with Crippen LogP contribution in [-0.4, -0.2) is 18.9 Å². The highest BCUT2D eigenvalue weighted by atomic mass is 16.5. The Labute approximate surface area is 102 Å². The van der Waals surface area contributed by atoms with E-state index < -0.39 is 5.41 Å². The van der Waals surface area contributed by atoms with Crippen molar-refractivity contribution in [2.45, 2.75) is 39.0 Å². The molecular formula is C14H18O3. The van der Waals surface area contributed by atoms with E-state index in [0.717, 1.165) is 31.3 Å². The van der Waals surface area contributed by atoms with E-state index in [1.54, 1.807) is 6.08 Å². The Hall–Kier alpha value is -1.38. The number of rotatable bonds is 1. The number of ketones is 1. The number of carbonyl (C=O) groups excluding carboxylic acids is 2.